The third-order valence-electron chi connectivity index (χ3n) is 4.69. The molecule has 0 saturated carbocycles. The Labute approximate surface area is 173 Å². The quantitative estimate of drug-likeness (QED) is 0.361. The second kappa shape index (κ2) is 8.09. The zero-order chi connectivity index (χ0) is 22.3. The van der Waals surface area contributed by atoms with E-state index in [2.05, 4.69) is 35.9 Å². The van der Waals surface area contributed by atoms with Gasteiger partial charge in [0.2, 0.25) is 0 Å². The average molecular weight is 439 g/mol. The molecule has 4 rings (SSSR count). The summed E-state index contributed by atoms with van der Waals surface area (Å²) in [6, 6.07) is 0. The number of hydrogen-bond donors (Lipinski definition) is 4. The summed E-state index contributed by atoms with van der Waals surface area (Å²) in [5, 5.41) is 33.3. The highest BCUT2D eigenvalue weighted by molar-refractivity contribution is 5.85. The zero-order valence-electron chi connectivity index (χ0n) is 16.3. The second-order valence-corrected chi connectivity index (χ2v) is 6.81. The summed E-state index contributed by atoms with van der Waals surface area (Å²) < 4.78 is 33.8. The van der Waals surface area contributed by atoms with Gasteiger partial charge in [-0.15, -0.1) is 5.10 Å². The lowest BCUT2D eigenvalue weighted by molar-refractivity contribution is -0.137. The normalized spacial score (nSPS) is 23.6. The predicted molar refractivity (Wildman–Crippen MR) is 99.8 cm³/mol. The fourth-order valence-electron chi connectivity index (χ4n) is 3.21. The van der Waals surface area contributed by atoms with Gasteiger partial charge in [0.15, 0.2) is 35.1 Å². The highest BCUT2D eigenvalue weighted by Crippen LogP contribution is 2.33. The number of amides is 1. The number of halogens is 2. The van der Waals surface area contributed by atoms with Crippen molar-refractivity contribution in [3.63, 3.8) is 0 Å². The van der Waals surface area contributed by atoms with Gasteiger partial charge >= 0.3 is 0 Å². The van der Waals surface area contributed by atoms with Crippen LogP contribution in [0.5, 0.6) is 0 Å². The second-order valence-electron chi connectivity index (χ2n) is 6.81. The topological polar surface area (TPSA) is 165 Å². The number of ether oxygens (including phenoxy) is 1. The predicted octanol–water partition coefficient (Wildman–Crippen LogP) is -1.34. The lowest BCUT2D eigenvalue weighted by atomic mass is 10.1. The van der Waals surface area contributed by atoms with Gasteiger partial charge in [0.1, 0.15) is 17.9 Å². The Kier molecular flexibility index (Phi) is 5.47. The molecule has 1 amide bonds. The van der Waals surface area contributed by atoms with Crippen LogP contribution in [-0.2, 0) is 16.6 Å². The summed E-state index contributed by atoms with van der Waals surface area (Å²) in [5.74, 6) is -0.539. The molecular formula is C16H19F2N9O4. The number of aliphatic hydroxyl groups excluding tert-OH is 2. The summed E-state index contributed by atoms with van der Waals surface area (Å²) in [5.41, 5.74) is 0.511. The number of aliphatic hydroxyl groups is 2. The maximum absolute atomic E-state index is 12.8. The van der Waals surface area contributed by atoms with E-state index in [4.69, 9.17) is 4.74 Å². The number of carbonyl (C=O) groups is 1. The number of rotatable bonds is 6. The van der Waals surface area contributed by atoms with Crippen LogP contribution in [0.25, 0.3) is 22.7 Å². The molecule has 4 N–H and O–H groups in total. The van der Waals surface area contributed by atoms with Crippen molar-refractivity contribution >= 4 is 22.9 Å². The first-order valence-corrected chi connectivity index (χ1v) is 9.16. The minimum atomic E-state index is -2.64. The van der Waals surface area contributed by atoms with Gasteiger partial charge in [0.05, 0.1) is 19.1 Å². The van der Waals surface area contributed by atoms with Crippen molar-refractivity contribution < 1.29 is 28.5 Å². The van der Waals surface area contributed by atoms with Gasteiger partial charge < -0.3 is 25.6 Å². The first-order valence-electron chi connectivity index (χ1n) is 9.16. The van der Waals surface area contributed by atoms with E-state index in [1.807, 2.05) is 0 Å². The number of nitrogens with zero attached hydrogens (tertiary/aromatic N) is 7. The number of anilines is 1. The highest BCUT2D eigenvalue weighted by atomic mass is 19.3. The molecule has 0 unspecified atom stereocenters. The molecule has 0 bridgehead atoms. The first kappa shape index (κ1) is 21.0. The maximum atomic E-state index is 12.8. The Balaban J connectivity index is 1.80. The summed E-state index contributed by atoms with van der Waals surface area (Å²) in [6.45, 7) is -0.682. The molecule has 3 aromatic rings. The van der Waals surface area contributed by atoms with Gasteiger partial charge in [-0.05, 0) is 0 Å². The molecule has 4 heterocycles. The smallest absolute Gasteiger partial charge is 0.255 e. The van der Waals surface area contributed by atoms with E-state index in [1.54, 1.807) is 7.05 Å². The molecule has 1 saturated heterocycles. The molecule has 1 aliphatic rings. The molecule has 3 aromatic heterocycles. The Morgan fingerprint density at radius 3 is 2.74 bits per heavy atom. The molecule has 1 fully saturated rings. The van der Waals surface area contributed by atoms with Crippen LogP contribution in [-0.4, -0.2) is 89.0 Å². The zero-order valence-corrected chi connectivity index (χ0v) is 16.3. The Morgan fingerprint density at radius 1 is 1.32 bits per heavy atom. The van der Waals surface area contributed by atoms with Crippen molar-refractivity contribution in [3.8, 4) is 11.5 Å². The van der Waals surface area contributed by atoms with Gasteiger partial charge in [0, 0.05) is 14.1 Å². The van der Waals surface area contributed by atoms with E-state index in [9.17, 15) is 23.8 Å². The number of alkyl halides is 2. The number of nitrogens with one attached hydrogen (secondary N) is 2. The van der Waals surface area contributed by atoms with Crippen LogP contribution >= 0.6 is 0 Å². The van der Waals surface area contributed by atoms with Crippen molar-refractivity contribution in [3.05, 3.63) is 12.5 Å². The molecule has 13 nitrogen and oxygen atoms in total. The van der Waals surface area contributed by atoms with E-state index in [-0.39, 0.29) is 28.5 Å². The average Bonchev–Trinajstić information content (AvgIpc) is 3.44. The SMILES string of the molecule is CNC(=O)[C@H]1O[C@@H](n2cnc3c(NCC(F)F)nc(-c4cn(C)nn4)nc32)[C@H](O)[C@@H]1O. The van der Waals surface area contributed by atoms with Crippen LogP contribution in [0.15, 0.2) is 12.5 Å². The van der Waals surface area contributed by atoms with Gasteiger partial charge in [-0.25, -0.2) is 23.7 Å². The lowest BCUT2D eigenvalue weighted by Gasteiger charge is -2.17. The number of aromatic nitrogens is 7. The number of hydrogen-bond acceptors (Lipinski definition) is 10. The van der Waals surface area contributed by atoms with Gasteiger partial charge in [0.25, 0.3) is 12.3 Å². The van der Waals surface area contributed by atoms with Crippen molar-refractivity contribution in [2.75, 3.05) is 18.9 Å². The lowest BCUT2D eigenvalue weighted by Crippen LogP contribution is -2.41. The monoisotopic (exact) mass is 439 g/mol. The van der Waals surface area contributed by atoms with E-state index in [0.717, 1.165) is 0 Å². The fourth-order valence-corrected chi connectivity index (χ4v) is 3.21. The van der Waals surface area contributed by atoms with Gasteiger partial charge in [-0.1, -0.05) is 5.21 Å². The van der Waals surface area contributed by atoms with Gasteiger partial charge in [-0.2, -0.15) is 0 Å². The van der Waals surface area contributed by atoms with E-state index >= 15 is 0 Å². The number of likely N-dealkylation sites (N-methyl/N-ethyl adjacent to an activating group) is 1. The maximum Gasteiger partial charge on any atom is 0.255 e. The highest BCUT2D eigenvalue weighted by Gasteiger charge is 2.47. The minimum Gasteiger partial charge on any atom is -0.387 e. The van der Waals surface area contributed by atoms with Crippen molar-refractivity contribution in [2.24, 2.45) is 7.05 Å². The third kappa shape index (κ3) is 3.77. The molecule has 0 radical (unpaired) electrons. The third-order valence-corrected chi connectivity index (χ3v) is 4.69. The molecule has 166 valence electrons. The molecule has 0 aliphatic carbocycles. The van der Waals surface area contributed by atoms with Crippen LogP contribution in [0.3, 0.4) is 0 Å². The fraction of sp³-hybridized carbons (Fsp3) is 0.500. The molecule has 0 aromatic carbocycles. The van der Waals surface area contributed by atoms with E-state index in [0.29, 0.717) is 0 Å². The van der Waals surface area contributed by atoms with E-state index in [1.165, 1.54) is 28.8 Å². The molecule has 31 heavy (non-hydrogen) atoms. The summed E-state index contributed by atoms with van der Waals surface area (Å²) in [4.78, 5) is 24.7. The summed E-state index contributed by atoms with van der Waals surface area (Å²) in [6.07, 6.45) is -5.37. The number of imidazole rings is 1. The Morgan fingerprint density at radius 2 is 2.10 bits per heavy atom. The molecule has 1 aliphatic heterocycles. The Bertz CT molecular complexity index is 1100. The summed E-state index contributed by atoms with van der Waals surface area (Å²) >= 11 is 0. The minimum absolute atomic E-state index is 0.0144. The van der Waals surface area contributed by atoms with Crippen LogP contribution < -0.4 is 10.6 Å². The van der Waals surface area contributed by atoms with Gasteiger partial charge in [-0.3, -0.25) is 14.0 Å². The standard InChI is InChI=1S/C16H19F2N9O4/c1-19-15(30)11-9(28)10(29)16(31-11)27-5-21-8-13(20-3-7(17)18)22-12(23-14(8)27)6-4-26(2)25-24-6/h4-5,7,9-11,16,28-29H,3H2,1-2H3,(H,19,30)(H,20,22,23)/t9-,10+,11-,16+/m0/s1. The number of aryl methyl sites for hydroxylation is 1. The Hall–Kier alpha value is -3.30. The van der Waals surface area contributed by atoms with Crippen molar-refractivity contribution in [2.45, 2.75) is 31.0 Å². The molecule has 0 spiro atoms. The summed E-state index contributed by atoms with van der Waals surface area (Å²) in [7, 11) is 3.00. The van der Waals surface area contributed by atoms with Crippen LogP contribution in [0.4, 0.5) is 14.6 Å². The number of carbonyl (C=O) groups excluding carboxylic acids is 1. The van der Waals surface area contributed by atoms with Crippen LogP contribution in [0.2, 0.25) is 0 Å². The number of fused-ring (bicyclic) bond motifs is 1. The van der Waals surface area contributed by atoms with Crippen LogP contribution in [0, 0.1) is 0 Å². The van der Waals surface area contributed by atoms with Crippen molar-refractivity contribution in [1.29, 1.82) is 0 Å². The van der Waals surface area contributed by atoms with Crippen LogP contribution in [0.1, 0.15) is 6.23 Å². The molecule has 15 heteroatoms. The molecular weight excluding hydrogens is 420 g/mol. The molecule has 4 atom stereocenters. The van der Waals surface area contributed by atoms with Crippen molar-refractivity contribution in [1.82, 2.24) is 39.8 Å². The largest absolute Gasteiger partial charge is 0.387 e. The van der Waals surface area contributed by atoms with E-state index < -0.39 is 43.4 Å². The first-order chi connectivity index (χ1) is 14.8.